The molecule has 0 aliphatic carbocycles. The third-order valence-corrected chi connectivity index (χ3v) is 2.35. The van der Waals surface area contributed by atoms with Crippen molar-refractivity contribution in [2.45, 2.75) is 19.4 Å². The smallest absolute Gasteiger partial charge is 0.307 e. The lowest BCUT2D eigenvalue weighted by Crippen LogP contribution is -2.23. The van der Waals surface area contributed by atoms with Gasteiger partial charge in [0.15, 0.2) is 0 Å². The molecule has 1 aromatic rings. The van der Waals surface area contributed by atoms with Crippen molar-refractivity contribution in [2.75, 3.05) is 7.11 Å². The summed E-state index contributed by atoms with van der Waals surface area (Å²) in [7, 11) is 1.33. The first kappa shape index (κ1) is 12.2. The lowest BCUT2D eigenvalue weighted by molar-refractivity contribution is -0.141. The van der Waals surface area contributed by atoms with Gasteiger partial charge in [0.25, 0.3) is 0 Å². The van der Waals surface area contributed by atoms with Crippen LogP contribution in [0.4, 0.5) is 0 Å². The van der Waals surface area contributed by atoms with Crippen LogP contribution in [-0.4, -0.2) is 19.5 Å². The van der Waals surface area contributed by atoms with Crippen molar-refractivity contribution < 1.29 is 14.3 Å². The van der Waals surface area contributed by atoms with E-state index in [4.69, 9.17) is 0 Å². The Balaban J connectivity index is 2.80. The molecule has 0 aromatic heterocycles. The third kappa shape index (κ3) is 3.38. The maximum atomic E-state index is 11.2. The number of benzene rings is 1. The van der Waals surface area contributed by atoms with Gasteiger partial charge in [-0.3, -0.25) is 9.59 Å². The second-order valence-electron chi connectivity index (χ2n) is 3.53. The van der Waals surface area contributed by atoms with Crippen molar-refractivity contribution in [3.05, 3.63) is 35.4 Å². The summed E-state index contributed by atoms with van der Waals surface area (Å²) < 4.78 is 4.58. The maximum Gasteiger partial charge on any atom is 0.307 e. The molecule has 1 aromatic carbocycles. The molecule has 0 spiro atoms. The van der Waals surface area contributed by atoms with Gasteiger partial charge in [0.05, 0.1) is 19.6 Å². The van der Waals surface area contributed by atoms with Crippen LogP contribution in [0.25, 0.3) is 0 Å². The summed E-state index contributed by atoms with van der Waals surface area (Å²) in [6.07, 6.45) is 0.728. The molecule has 1 rings (SSSR count). The first-order chi connectivity index (χ1) is 7.67. The van der Waals surface area contributed by atoms with Crippen LogP contribution < -0.4 is 5.32 Å². The monoisotopic (exact) mass is 221 g/mol. The van der Waals surface area contributed by atoms with Crippen LogP contribution in [-0.2, 0) is 14.3 Å². The van der Waals surface area contributed by atoms with Crippen LogP contribution in [0, 0.1) is 6.92 Å². The number of hydrogen-bond donors (Lipinski definition) is 1. The van der Waals surface area contributed by atoms with E-state index in [9.17, 15) is 9.59 Å². The highest BCUT2D eigenvalue weighted by Crippen LogP contribution is 2.17. The number of esters is 1. The Kier molecular flexibility index (Phi) is 4.51. The quantitative estimate of drug-likeness (QED) is 0.603. The molecule has 4 nitrogen and oxygen atoms in total. The van der Waals surface area contributed by atoms with Gasteiger partial charge in [0.2, 0.25) is 6.41 Å². The molecule has 4 heteroatoms. The highest BCUT2D eigenvalue weighted by molar-refractivity contribution is 5.70. The van der Waals surface area contributed by atoms with Crippen molar-refractivity contribution in [3.8, 4) is 0 Å². The average Bonchev–Trinajstić information content (AvgIpc) is 2.29. The molecule has 86 valence electrons. The Hall–Kier alpha value is -1.84. The highest BCUT2D eigenvalue weighted by atomic mass is 16.5. The van der Waals surface area contributed by atoms with Gasteiger partial charge in [0.1, 0.15) is 0 Å². The summed E-state index contributed by atoms with van der Waals surface area (Å²) in [5, 5.41) is 2.60. The highest BCUT2D eigenvalue weighted by Gasteiger charge is 2.15. The fourth-order valence-corrected chi connectivity index (χ4v) is 1.40. The number of amides is 1. The molecule has 0 saturated heterocycles. The molecule has 1 atom stereocenters. The van der Waals surface area contributed by atoms with Gasteiger partial charge >= 0.3 is 5.97 Å². The van der Waals surface area contributed by atoms with Crippen LogP contribution in [0.1, 0.15) is 23.6 Å². The van der Waals surface area contributed by atoms with E-state index in [0.717, 1.165) is 11.1 Å². The van der Waals surface area contributed by atoms with Crippen LogP contribution in [0.5, 0.6) is 0 Å². The molecule has 1 N–H and O–H groups in total. The second-order valence-corrected chi connectivity index (χ2v) is 3.53. The lowest BCUT2D eigenvalue weighted by Gasteiger charge is -2.15. The summed E-state index contributed by atoms with van der Waals surface area (Å²) in [6, 6.07) is 7.32. The first-order valence-electron chi connectivity index (χ1n) is 5.00. The minimum absolute atomic E-state index is 0.137. The summed E-state index contributed by atoms with van der Waals surface area (Å²) in [4.78, 5) is 21.6. The van der Waals surface area contributed by atoms with Gasteiger partial charge in [0, 0.05) is 0 Å². The molecule has 0 fully saturated rings. The number of hydrogen-bond acceptors (Lipinski definition) is 3. The van der Waals surface area contributed by atoms with Gasteiger partial charge in [-0.05, 0) is 12.5 Å². The Morgan fingerprint density at radius 2 is 2.06 bits per heavy atom. The molecule has 0 heterocycles. The standard InChI is InChI=1S/C12H15NO3/c1-9-3-5-10(6-4-9)11(13-8-14)7-12(15)16-2/h3-6,8,11H,7H2,1-2H3,(H,13,14). The summed E-state index contributed by atoms with van der Waals surface area (Å²) in [6.45, 7) is 1.98. The molecule has 0 saturated carbocycles. The summed E-state index contributed by atoms with van der Waals surface area (Å²) >= 11 is 0. The van der Waals surface area contributed by atoms with Crippen LogP contribution in [0.3, 0.4) is 0 Å². The van der Waals surface area contributed by atoms with E-state index in [1.54, 1.807) is 0 Å². The zero-order chi connectivity index (χ0) is 12.0. The Labute approximate surface area is 94.6 Å². The number of rotatable bonds is 5. The topological polar surface area (TPSA) is 55.4 Å². The minimum atomic E-state index is -0.347. The van der Waals surface area contributed by atoms with E-state index in [1.807, 2.05) is 31.2 Å². The van der Waals surface area contributed by atoms with E-state index in [1.165, 1.54) is 7.11 Å². The van der Waals surface area contributed by atoms with Gasteiger partial charge < -0.3 is 10.1 Å². The molecule has 0 bridgehead atoms. The Morgan fingerprint density at radius 1 is 1.44 bits per heavy atom. The predicted molar refractivity (Wildman–Crippen MR) is 59.8 cm³/mol. The normalized spacial score (nSPS) is 11.6. The van der Waals surface area contributed by atoms with Crippen molar-refractivity contribution in [1.82, 2.24) is 5.32 Å². The third-order valence-electron chi connectivity index (χ3n) is 2.35. The molecule has 1 amide bonds. The van der Waals surface area contributed by atoms with Crippen molar-refractivity contribution in [1.29, 1.82) is 0 Å². The van der Waals surface area contributed by atoms with Gasteiger partial charge in [-0.1, -0.05) is 29.8 Å². The molecule has 0 radical (unpaired) electrons. The first-order valence-corrected chi connectivity index (χ1v) is 5.00. The largest absolute Gasteiger partial charge is 0.469 e. The SMILES string of the molecule is COC(=O)CC(NC=O)c1ccc(C)cc1. The maximum absolute atomic E-state index is 11.2. The van der Waals surface area contributed by atoms with Crippen LogP contribution in [0.15, 0.2) is 24.3 Å². The summed E-state index contributed by atoms with van der Waals surface area (Å²) in [5.74, 6) is -0.347. The van der Waals surface area contributed by atoms with Crippen molar-refractivity contribution in [3.63, 3.8) is 0 Å². The molecular weight excluding hydrogens is 206 g/mol. The number of carbonyl (C=O) groups excluding carboxylic acids is 2. The number of nitrogens with one attached hydrogen (secondary N) is 1. The van der Waals surface area contributed by atoms with Crippen molar-refractivity contribution in [2.24, 2.45) is 0 Å². The predicted octanol–water partition coefficient (Wildman–Crippen LogP) is 1.35. The van der Waals surface area contributed by atoms with E-state index < -0.39 is 0 Å². The Morgan fingerprint density at radius 3 is 2.56 bits per heavy atom. The molecular formula is C12H15NO3. The number of carbonyl (C=O) groups is 2. The number of aryl methyl sites for hydroxylation is 1. The fourth-order valence-electron chi connectivity index (χ4n) is 1.40. The van der Waals surface area contributed by atoms with Gasteiger partial charge in [-0.25, -0.2) is 0 Å². The van der Waals surface area contributed by atoms with E-state index in [0.29, 0.717) is 6.41 Å². The van der Waals surface area contributed by atoms with Crippen LogP contribution >= 0.6 is 0 Å². The molecule has 0 aliphatic rings. The second kappa shape index (κ2) is 5.90. The van der Waals surface area contributed by atoms with Crippen molar-refractivity contribution >= 4 is 12.4 Å². The fraction of sp³-hybridized carbons (Fsp3) is 0.333. The zero-order valence-electron chi connectivity index (χ0n) is 9.40. The zero-order valence-corrected chi connectivity index (χ0v) is 9.40. The number of methoxy groups -OCH3 is 1. The van der Waals surface area contributed by atoms with E-state index in [2.05, 4.69) is 10.1 Å². The van der Waals surface area contributed by atoms with Gasteiger partial charge in [-0.15, -0.1) is 0 Å². The van der Waals surface area contributed by atoms with Crippen LogP contribution in [0.2, 0.25) is 0 Å². The van der Waals surface area contributed by atoms with E-state index in [-0.39, 0.29) is 18.4 Å². The summed E-state index contributed by atoms with van der Waals surface area (Å²) in [5.41, 5.74) is 2.02. The van der Waals surface area contributed by atoms with Gasteiger partial charge in [-0.2, -0.15) is 0 Å². The molecule has 0 aliphatic heterocycles. The van der Waals surface area contributed by atoms with E-state index >= 15 is 0 Å². The molecule has 16 heavy (non-hydrogen) atoms. The average molecular weight is 221 g/mol. The minimum Gasteiger partial charge on any atom is -0.469 e. The number of ether oxygens (including phenoxy) is 1. The molecule has 1 unspecified atom stereocenters. The Bertz CT molecular complexity index is 359. The lowest BCUT2D eigenvalue weighted by atomic mass is 10.0.